The largest absolute Gasteiger partial charge is 0.378 e. The molecule has 0 saturated carbocycles. The minimum atomic E-state index is -0.119. The third-order valence-corrected chi connectivity index (χ3v) is 3.15. The molecule has 0 bridgehead atoms. The average Bonchev–Trinajstić information content (AvgIpc) is 2.30. The van der Waals surface area contributed by atoms with Crippen molar-refractivity contribution in [1.29, 1.82) is 0 Å². The van der Waals surface area contributed by atoms with Crippen LogP contribution in [0.1, 0.15) is 0 Å². The molecule has 2 heterocycles. The maximum atomic E-state index is 11.5. The standard InChI is InChI=1S/C9H13N3O2S/c1-15-8-7(6-10-11-9(8)13)12-2-4-14-5-3-12/h6H,2-5H2,1H3,(H,11,13). The number of aromatic nitrogens is 2. The van der Waals surface area contributed by atoms with Crippen molar-refractivity contribution in [3.8, 4) is 0 Å². The van der Waals surface area contributed by atoms with E-state index in [1.807, 2.05) is 6.26 Å². The van der Waals surface area contributed by atoms with E-state index >= 15 is 0 Å². The van der Waals surface area contributed by atoms with Gasteiger partial charge in [0.1, 0.15) is 0 Å². The molecule has 0 radical (unpaired) electrons. The molecule has 2 rings (SSSR count). The number of rotatable bonds is 2. The summed E-state index contributed by atoms with van der Waals surface area (Å²) in [6.45, 7) is 3.05. The lowest BCUT2D eigenvalue weighted by Gasteiger charge is -2.29. The number of nitrogens with one attached hydrogen (secondary N) is 1. The number of H-pyrrole nitrogens is 1. The number of ether oxygens (including phenoxy) is 1. The molecule has 1 aliphatic heterocycles. The fourth-order valence-corrected chi connectivity index (χ4v) is 2.23. The first-order valence-corrected chi connectivity index (χ1v) is 6.00. The van der Waals surface area contributed by atoms with Gasteiger partial charge in [-0.05, 0) is 6.26 Å². The van der Waals surface area contributed by atoms with Gasteiger partial charge in [-0.2, -0.15) is 5.10 Å². The van der Waals surface area contributed by atoms with Crippen LogP contribution in [0.3, 0.4) is 0 Å². The number of thioether (sulfide) groups is 1. The number of hydrogen-bond acceptors (Lipinski definition) is 5. The Morgan fingerprint density at radius 3 is 2.93 bits per heavy atom. The van der Waals surface area contributed by atoms with Crippen LogP contribution < -0.4 is 10.5 Å². The van der Waals surface area contributed by atoms with Gasteiger partial charge in [-0.25, -0.2) is 5.10 Å². The van der Waals surface area contributed by atoms with E-state index in [-0.39, 0.29) is 5.56 Å². The molecule has 0 amide bonds. The Morgan fingerprint density at radius 2 is 2.27 bits per heavy atom. The molecule has 0 spiro atoms. The predicted octanol–water partition coefficient (Wildman–Crippen LogP) is 0.328. The molecule has 0 aliphatic carbocycles. The summed E-state index contributed by atoms with van der Waals surface area (Å²) in [5.41, 5.74) is 0.793. The lowest BCUT2D eigenvalue weighted by Crippen LogP contribution is -2.37. The van der Waals surface area contributed by atoms with Crippen LogP contribution in [0.25, 0.3) is 0 Å². The second kappa shape index (κ2) is 4.67. The highest BCUT2D eigenvalue weighted by Gasteiger charge is 2.16. The molecule has 1 aromatic heterocycles. The molecule has 0 atom stereocenters. The Bertz CT molecular complexity index is 387. The van der Waals surface area contributed by atoms with Crippen molar-refractivity contribution in [2.45, 2.75) is 4.90 Å². The van der Waals surface area contributed by atoms with Crippen LogP contribution >= 0.6 is 11.8 Å². The topological polar surface area (TPSA) is 58.2 Å². The van der Waals surface area contributed by atoms with Gasteiger partial charge in [0.2, 0.25) is 0 Å². The normalized spacial score (nSPS) is 16.7. The molecule has 6 heteroatoms. The lowest BCUT2D eigenvalue weighted by atomic mass is 10.3. The summed E-state index contributed by atoms with van der Waals surface area (Å²) in [6.07, 6.45) is 3.60. The van der Waals surface area contributed by atoms with Crippen molar-refractivity contribution in [1.82, 2.24) is 10.2 Å². The van der Waals surface area contributed by atoms with Gasteiger partial charge in [0.25, 0.3) is 5.56 Å². The molecule has 1 aliphatic rings. The highest BCUT2D eigenvalue weighted by atomic mass is 32.2. The number of morpholine rings is 1. The summed E-state index contributed by atoms with van der Waals surface area (Å²) < 4.78 is 5.27. The maximum Gasteiger partial charge on any atom is 0.279 e. The molecular weight excluding hydrogens is 214 g/mol. The summed E-state index contributed by atoms with van der Waals surface area (Å²) in [7, 11) is 0. The van der Waals surface area contributed by atoms with Crippen LogP contribution in [-0.4, -0.2) is 42.8 Å². The van der Waals surface area contributed by atoms with Crippen LogP contribution in [0, 0.1) is 0 Å². The first-order valence-electron chi connectivity index (χ1n) is 4.77. The van der Waals surface area contributed by atoms with E-state index < -0.39 is 0 Å². The average molecular weight is 227 g/mol. The van der Waals surface area contributed by atoms with Gasteiger partial charge in [0.15, 0.2) is 0 Å². The van der Waals surface area contributed by atoms with E-state index in [0.717, 1.165) is 23.7 Å². The van der Waals surface area contributed by atoms with E-state index in [1.54, 1.807) is 6.20 Å². The number of anilines is 1. The van der Waals surface area contributed by atoms with Crippen molar-refractivity contribution < 1.29 is 4.74 Å². The van der Waals surface area contributed by atoms with Crippen molar-refractivity contribution in [3.63, 3.8) is 0 Å². The number of nitrogens with zero attached hydrogens (tertiary/aromatic N) is 2. The minimum Gasteiger partial charge on any atom is -0.378 e. The Hall–Kier alpha value is -1.01. The summed E-state index contributed by atoms with van der Waals surface area (Å²) in [5, 5.41) is 6.28. The Balaban J connectivity index is 2.33. The quantitative estimate of drug-likeness (QED) is 0.738. The fraction of sp³-hybridized carbons (Fsp3) is 0.556. The fourth-order valence-electron chi connectivity index (χ4n) is 1.60. The van der Waals surface area contributed by atoms with Crippen molar-refractivity contribution >= 4 is 17.4 Å². The van der Waals surface area contributed by atoms with Crippen molar-refractivity contribution in [2.75, 3.05) is 37.5 Å². The number of aromatic amines is 1. The molecule has 0 aromatic carbocycles. The predicted molar refractivity (Wildman–Crippen MR) is 59.7 cm³/mol. The number of hydrogen-bond donors (Lipinski definition) is 1. The molecule has 1 N–H and O–H groups in total. The van der Waals surface area contributed by atoms with Gasteiger partial charge in [-0.15, -0.1) is 11.8 Å². The monoisotopic (exact) mass is 227 g/mol. The minimum absolute atomic E-state index is 0.119. The van der Waals surface area contributed by atoms with Gasteiger partial charge < -0.3 is 9.64 Å². The molecule has 0 unspecified atom stereocenters. The molecule has 1 saturated heterocycles. The Labute approximate surface area is 91.8 Å². The van der Waals surface area contributed by atoms with E-state index in [0.29, 0.717) is 13.2 Å². The first kappa shape index (κ1) is 10.5. The molecule has 1 aromatic rings. The third-order valence-electron chi connectivity index (χ3n) is 2.35. The molecular formula is C9H13N3O2S. The highest BCUT2D eigenvalue weighted by Crippen LogP contribution is 2.24. The van der Waals surface area contributed by atoms with Crippen LogP contribution in [0.15, 0.2) is 15.9 Å². The van der Waals surface area contributed by atoms with Crippen LogP contribution in [0.4, 0.5) is 5.69 Å². The smallest absolute Gasteiger partial charge is 0.279 e. The van der Waals surface area contributed by atoms with E-state index in [2.05, 4.69) is 15.1 Å². The second-order valence-electron chi connectivity index (χ2n) is 3.22. The first-order chi connectivity index (χ1) is 7.33. The second-order valence-corrected chi connectivity index (χ2v) is 4.03. The van der Waals surface area contributed by atoms with Crippen LogP contribution in [0.5, 0.6) is 0 Å². The van der Waals surface area contributed by atoms with Gasteiger partial charge in [0.05, 0.1) is 30.0 Å². The summed E-state index contributed by atoms with van der Waals surface area (Å²) in [4.78, 5) is 14.4. The molecule has 5 nitrogen and oxygen atoms in total. The van der Waals surface area contributed by atoms with Gasteiger partial charge >= 0.3 is 0 Å². The lowest BCUT2D eigenvalue weighted by molar-refractivity contribution is 0.122. The van der Waals surface area contributed by atoms with Crippen LogP contribution in [-0.2, 0) is 4.74 Å². The zero-order valence-electron chi connectivity index (χ0n) is 8.52. The summed E-state index contributed by atoms with van der Waals surface area (Å²) >= 11 is 1.45. The summed E-state index contributed by atoms with van der Waals surface area (Å²) in [5.74, 6) is 0. The van der Waals surface area contributed by atoms with E-state index in [1.165, 1.54) is 11.8 Å². The molecule has 15 heavy (non-hydrogen) atoms. The molecule has 82 valence electrons. The summed E-state index contributed by atoms with van der Waals surface area (Å²) in [6, 6.07) is 0. The highest BCUT2D eigenvalue weighted by molar-refractivity contribution is 7.98. The van der Waals surface area contributed by atoms with E-state index in [9.17, 15) is 4.79 Å². The zero-order chi connectivity index (χ0) is 10.7. The Kier molecular flexibility index (Phi) is 3.27. The van der Waals surface area contributed by atoms with Crippen LogP contribution in [0.2, 0.25) is 0 Å². The third kappa shape index (κ3) is 2.15. The molecule has 1 fully saturated rings. The van der Waals surface area contributed by atoms with Crippen molar-refractivity contribution in [2.24, 2.45) is 0 Å². The van der Waals surface area contributed by atoms with Gasteiger partial charge in [-0.1, -0.05) is 0 Å². The van der Waals surface area contributed by atoms with E-state index in [4.69, 9.17) is 4.74 Å². The van der Waals surface area contributed by atoms with Gasteiger partial charge in [0, 0.05) is 13.1 Å². The zero-order valence-corrected chi connectivity index (χ0v) is 9.34. The van der Waals surface area contributed by atoms with Gasteiger partial charge in [-0.3, -0.25) is 4.79 Å². The Morgan fingerprint density at radius 1 is 1.53 bits per heavy atom. The van der Waals surface area contributed by atoms with Crippen molar-refractivity contribution in [3.05, 3.63) is 16.6 Å². The maximum absolute atomic E-state index is 11.5. The SMILES string of the molecule is CSc1c(N2CCOCC2)cn[nH]c1=O.